The summed E-state index contributed by atoms with van der Waals surface area (Å²) in [4.78, 5) is 44.7. The molecule has 2 aromatic rings. The minimum Gasteiger partial charge on any atom is -0.481 e. The minimum atomic E-state index is -2.97. The number of carboxylic acid groups (broad SMARTS) is 1. The summed E-state index contributed by atoms with van der Waals surface area (Å²) in [5.41, 5.74) is 1.87. The zero-order valence-electron chi connectivity index (χ0n) is 23.5. The van der Waals surface area contributed by atoms with Gasteiger partial charge in [0.1, 0.15) is 6.04 Å². The van der Waals surface area contributed by atoms with Gasteiger partial charge in [-0.05, 0) is 43.2 Å². The summed E-state index contributed by atoms with van der Waals surface area (Å²) in [7, 11) is 1.58. The van der Waals surface area contributed by atoms with E-state index in [4.69, 9.17) is 4.74 Å². The van der Waals surface area contributed by atoms with Crippen LogP contribution in [0.4, 0.5) is 4.39 Å². The van der Waals surface area contributed by atoms with Crippen molar-refractivity contribution in [3.8, 4) is 5.88 Å². The van der Waals surface area contributed by atoms with Crippen molar-refractivity contribution < 1.29 is 28.6 Å². The van der Waals surface area contributed by atoms with Gasteiger partial charge < -0.3 is 20.1 Å². The molecule has 2 N–H and O–H groups in total. The Hall–Kier alpha value is -2.80. The van der Waals surface area contributed by atoms with Crippen LogP contribution in [-0.2, 0) is 20.9 Å². The van der Waals surface area contributed by atoms with E-state index in [9.17, 15) is 19.5 Å². The summed E-state index contributed by atoms with van der Waals surface area (Å²) in [6.45, 7) is 2.94. The fourth-order valence-corrected chi connectivity index (χ4v) is 6.58. The number of nitrogens with zero attached hydrogens (tertiary/aromatic N) is 3. The zero-order valence-corrected chi connectivity index (χ0v) is 25.7. The van der Waals surface area contributed by atoms with Gasteiger partial charge in [0, 0.05) is 66.3 Å². The van der Waals surface area contributed by atoms with Crippen LogP contribution in [0.3, 0.4) is 0 Å². The standard InChI is InChI=1S/C30H38FIN4O5/c1-20-11-7-5-3-4-6-8-14-27(37)36-18-21(15-25(36)28(38)34-30(20,31)29(39)40)17-35(32)19-22-16-26(41-2)33-24-13-10-9-12-23(22)24/h7,9-13,16,20-21,25H,3-6,8,14-15,17-19H2,1-2H3,(H,34,38)(H,39,40)/b11-7-/t20-,21-,25-,30+/m0/s1. The Balaban J connectivity index is 1.53. The van der Waals surface area contributed by atoms with E-state index in [1.807, 2.05) is 30.3 Å². The van der Waals surface area contributed by atoms with Crippen LogP contribution in [-0.4, -0.2) is 67.9 Å². The molecule has 1 saturated heterocycles. The Morgan fingerprint density at radius 1 is 1.27 bits per heavy atom. The predicted molar refractivity (Wildman–Crippen MR) is 162 cm³/mol. The molecule has 0 spiro atoms. The van der Waals surface area contributed by atoms with Crippen LogP contribution in [0.2, 0.25) is 0 Å². The van der Waals surface area contributed by atoms with E-state index < -0.39 is 29.6 Å². The molecule has 222 valence electrons. The first kappa shape index (κ1) is 31.1. The van der Waals surface area contributed by atoms with Crippen molar-refractivity contribution in [1.82, 2.24) is 18.3 Å². The third-order valence-electron chi connectivity index (χ3n) is 7.98. The highest BCUT2D eigenvalue weighted by Crippen LogP contribution is 2.31. The average Bonchev–Trinajstić information content (AvgIpc) is 3.37. The number of carboxylic acids is 1. The van der Waals surface area contributed by atoms with Crippen molar-refractivity contribution in [1.29, 1.82) is 0 Å². The maximum absolute atomic E-state index is 15.8. The first-order chi connectivity index (χ1) is 19.6. The predicted octanol–water partition coefficient (Wildman–Crippen LogP) is 5.03. The number of fused-ring (bicyclic) bond motifs is 2. The monoisotopic (exact) mass is 680 g/mol. The molecule has 2 amide bonds. The molecule has 3 heterocycles. The molecule has 9 nitrogen and oxygen atoms in total. The van der Waals surface area contributed by atoms with Crippen molar-refractivity contribution in [2.75, 3.05) is 20.2 Å². The van der Waals surface area contributed by atoms with Gasteiger partial charge in [-0.2, -0.15) is 0 Å². The fourth-order valence-electron chi connectivity index (χ4n) is 5.66. The van der Waals surface area contributed by atoms with Crippen molar-refractivity contribution in [2.45, 2.75) is 70.2 Å². The molecular weight excluding hydrogens is 642 g/mol. The summed E-state index contributed by atoms with van der Waals surface area (Å²) in [5.74, 6) is -6.27. The number of carbonyl (C=O) groups is 3. The molecule has 0 saturated carbocycles. The molecule has 2 aliphatic heterocycles. The molecule has 4 rings (SSSR count). The summed E-state index contributed by atoms with van der Waals surface area (Å²) in [5, 5.41) is 12.9. The Kier molecular flexibility index (Phi) is 10.6. The molecule has 1 aromatic carbocycles. The third kappa shape index (κ3) is 7.54. The highest BCUT2D eigenvalue weighted by atomic mass is 127. The quantitative estimate of drug-likeness (QED) is 0.191. The lowest BCUT2D eigenvalue weighted by atomic mass is 9.96. The number of amides is 2. The number of hydrogen-bond acceptors (Lipinski definition) is 6. The molecule has 0 bridgehead atoms. The van der Waals surface area contributed by atoms with Crippen LogP contribution in [0, 0.1) is 11.8 Å². The molecule has 41 heavy (non-hydrogen) atoms. The van der Waals surface area contributed by atoms with Crippen molar-refractivity contribution >= 4 is 51.6 Å². The number of hydrogen-bond donors (Lipinski definition) is 2. The Morgan fingerprint density at radius 2 is 2.02 bits per heavy atom. The number of ether oxygens (including phenoxy) is 1. The fraction of sp³-hybridized carbons (Fsp3) is 0.533. The van der Waals surface area contributed by atoms with Gasteiger partial charge in [-0.3, -0.25) is 9.59 Å². The minimum absolute atomic E-state index is 0.0587. The van der Waals surface area contributed by atoms with E-state index in [-0.39, 0.29) is 11.8 Å². The Labute approximate surface area is 254 Å². The second-order valence-electron chi connectivity index (χ2n) is 11.0. The second-order valence-corrected chi connectivity index (χ2v) is 12.3. The first-order valence-electron chi connectivity index (χ1n) is 14.2. The number of rotatable bonds is 6. The SMILES string of the molecule is COc1cc(CN(I)C[C@@H]2C[C@H]3C(=O)N[C@@](F)(C(=O)O)[C@@H](C)/C=C\CCCCCCC(=O)N3C2)c2ccccc2n1. The summed E-state index contributed by atoms with van der Waals surface area (Å²) in [6.07, 6.45) is 7.99. The van der Waals surface area contributed by atoms with Gasteiger partial charge in [-0.15, -0.1) is 0 Å². The first-order valence-corrected chi connectivity index (χ1v) is 15.1. The van der Waals surface area contributed by atoms with Gasteiger partial charge in [-0.25, -0.2) is 17.3 Å². The van der Waals surface area contributed by atoms with Crippen LogP contribution in [0.1, 0.15) is 57.4 Å². The number of carbonyl (C=O) groups excluding carboxylic acids is 2. The average molecular weight is 681 g/mol. The number of para-hydroxylation sites is 1. The molecule has 11 heteroatoms. The molecule has 1 aromatic heterocycles. The van der Waals surface area contributed by atoms with Gasteiger partial charge in [0.15, 0.2) is 0 Å². The van der Waals surface area contributed by atoms with Crippen molar-refractivity contribution in [2.24, 2.45) is 11.8 Å². The van der Waals surface area contributed by atoms with E-state index in [1.54, 1.807) is 13.2 Å². The third-order valence-corrected chi connectivity index (χ3v) is 8.71. The number of benzene rings is 1. The Morgan fingerprint density at radius 3 is 2.78 bits per heavy atom. The number of aliphatic carboxylic acids is 1. The number of methoxy groups -OCH3 is 1. The van der Waals surface area contributed by atoms with Crippen LogP contribution in [0.25, 0.3) is 10.9 Å². The van der Waals surface area contributed by atoms with E-state index in [2.05, 4.69) is 36.3 Å². The van der Waals surface area contributed by atoms with Gasteiger partial charge in [0.05, 0.1) is 12.6 Å². The van der Waals surface area contributed by atoms with E-state index in [0.29, 0.717) is 51.2 Å². The number of allylic oxidation sites excluding steroid dienone is 1. The number of halogens is 2. The van der Waals surface area contributed by atoms with Crippen LogP contribution >= 0.6 is 22.9 Å². The van der Waals surface area contributed by atoms with E-state index in [0.717, 1.165) is 35.7 Å². The van der Waals surface area contributed by atoms with Gasteiger partial charge in [-0.1, -0.05) is 50.1 Å². The maximum Gasteiger partial charge on any atom is 0.363 e. The molecule has 1 fully saturated rings. The van der Waals surface area contributed by atoms with Gasteiger partial charge in [0.2, 0.25) is 17.7 Å². The summed E-state index contributed by atoms with van der Waals surface area (Å²) < 4.78 is 23.3. The van der Waals surface area contributed by atoms with Crippen LogP contribution in [0.5, 0.6) is 5.88 Å². The van der Waals surface area contributed by atoms with E-state index >= 15 is 4.39 Å². The normalized spacial score (nSPS) is 27.1. The largest absolute Gasteiger partial charge is 0.481 e. The smallest absolute Gasteiger partial charge is 0.363 e. The van der Waals surface area contributed by atoms with Crippen molar-refractivity contribution in [3.63, 3.8) is 0 Å². The summed E-state index contributed by atoms with van der Waals surface area (Å²) >= 11 is 2.25. The lowest BCUT2D eigenvalue weighted by Crippen LogP contribution is -2.59. The van der Waals surface area contributed by atoms with Crippen LogP contribution in [0.15, 0.2) is 42.5 Å². The molecule has 0 unspecified atom stereocenters. The molecule has 0 aliphatic carbocycles. The second kappa shape index (κ2) is 13.9. The Bertz CT molecular complexity index is 1290. The van der Waals surface area contributed by atoms with Crippen LogP contribution < -0.4 is 10.1 Å². The lowest BCUT2D eigenvalue weighted by molar-refractivity contribution is -0.160. The topological polar surface area (TPSA) is 112 Å². The number of alkyl halides is 1. The highest BCUT2D eigenvalue weighted by Gasteiger charge is 2.48. The molecule has 2 aliphatic rings. The number of pyridine rings is 1. The number of aromatic nitrogens is 1. The molecule has 4 atom stereocenters. The van der Waals surface area contributed by atoms with Gasteiger partial charge in [0.25, 0.3) is 5.79 Å². The maximum atomic E-state index is 15.8. The molecule has 0 radical (unpaired) electrons. The van der Waals surface area contributed by atoms with E-state index in [1.165, 1.54) is 17.9 Å². The van der Waals surface area contributed by atoms with Crippen molar-refractivity contribution in [3.05, 3.63) is 48.0 Å². The molecular formula is C30H38FIN4O5. The lowest BCUT2D eigenvalue weighted by Gasteiger charge is -2.30. The number of nitrogens with one attached hydrogen (secondary N) is 1. The summed E-state index contributed by atoms with van der Waals surface area (Å²) in [6, 6.07) is 8.81. The highest BCUT2D eigenvalue weighted by molar-refractivity contribution is 14.1. The van der Waals surface area contributed by atoms with Gasteiger partial charge >= 0.3 is 5.97 Å². The zero-order chi connectivity index (χ0) is 29.6.